The molecule has 1 amide bonds. The molecule has 4 rings (SSSR count). The Labute approximate surface area is 155 Å². The van der Waals surface area contributed by atoms with Gasteiger partial charge in [-0.2, -0.15) is 0 Å². The molecule has 7 heteroatoms. The van der Waals surface area contributed by atoms with Crippen LogP contribution in [0.4, 0.5) is 10.1 Å². The first kappa shape index (κ1) is 17.1. The van der Waals surface area contributed by atoms with Crippen molar-refractivity contribution in [2.75, 3.05) is 18.6 Å². The fourth-order valence-electron chi connectivity index (χ4n) is 3.03. The molecule has 2 aromatic carbocycles. The first-order valence-corrected chi connectivity index (χ1v) is 8.55. The highest BCUT2D eigenvalue weighted by Crippen LogP contribution is 2.24. The lowest BCUT2D eigenvalue weighted by molar-refractivity contribution is 0.0962. The van der Waals surface area contributed by atoms with Gasteiger partial charge in [-0.15, -0.1) is 5.10 Å². The molecule has 2 heterocycles. The van der Waals surface area contributed by atoms with E-state index in [9.17, 15) is 9.18 Å². The predicted molar refractivity (Wildman–Crippen MR) is 97.6 cm³/mol. The predicted octanol–water partition coefficient (Wildman–Crippen LogP) is 3.27. The number of benzene rings is 2. The fraction of sp³-hybridized carbons (Fsp3) is 0.200. The molecule has 6 nitrogen and oxygen atoms in total. The Morgan fingerprint density at radius 1 is 1.11 bits per heavy atom. The van der Waals surface area contributed by atoms with Crippen LogP contribution >= 0.6 is 0 Å². The summed E-state index contributed by atoms with van der Waals surface area (Å²) in [6, 6.07) is 15.1. The number of methoxy groups -OCH3 is 1. The molecular formula is C20H18FN3O3. The van der Waals surface area contributed by atoms with Crippen molar-refractivity contribution in [1.29, 1.82) is 0 Å². The molecule has 0 saturated heterocycles. The minimum absolute atomic E-state index is 0.184. The van der Waals surface area contributed by atoms with E-state index >= 15 is 0 Å². The van der Waals surface area contributed by atoms with Crippen LogP contribution in [0.2, 0.25) is 0 Å². The smallest absolute Gasteiger partial charge is 0.276 e. The minimum Gasteiger partial charge on any atom is -0.497 e. The van der Waals surface area contributed by atoms with Crippen LogP contribution in [0.3, 0.4) is 0 Å². The van der Waals surface area contributed by atoms with Gasteiger partial charge in [0.15, 0.2) is 0 Å². The normalized spacial score (nSPS) is 13.4. The van der Waals surface area contributed by atoms with E-state index in [1.54, 1.807) is 34.9 Å². The van der Waals surface area contributed by atoms with Gasteiger partial charge in [-0.25, -0.2) is 4.39 Å². The number of hydrogen-bond donors (Lipinski definition) is 0. The summed E-state index contributed by atoms with van der Waals surface area (Å²) < 4.78 is 25.7. The van der Waals surface area contributed by atoms with E-state index in [1.165, 1.54) is 12.1 Å². The monoisotopic (exact) mass is 367 g/mol. The molecule has 1 aromatic heterocycles. The first-order valence-electron chi connectivity index (χ1n) is 8.55. The van der Waals surface area contributed by atoms with Crippen molar-refractivity contribution in [2.45, 2.75) is 13.2 Å². The molecule has 0 fully saturated rings. The summed E-state index contributed by atoms with van der Waals surface area (Å²) >= 11 is 0. The van der Waals surface area contributed by atoms with E-state index in [4.69, 9.17) is 9.47 Å². The Morgan fingerprint density at radius 3 is 2.70 bits per heavy atom. The number of fused-ring (bicyclic) bond motifs is 1. The van der Waals surface area contributed by atoms with E-state index in [2.05, 4.69) is 5.10 Å². The highest BCUT2D eigenvalue weighted by molar-refractivity contribution is 6.05. The maximum atomic E-state index is 13.1. The maximum absolute atomic E-state index is 13.1. The summed E-state index contributed by atoms with van der Waals surface area (Å²) in [5.41, 5.74) is 2.05. The molecule has 0 radical (unpaired) electrons. The summed E-state index contributed by atoms with van der Waals surface area (Å²) in [7, 11) is 1.61. The Bertz CT molecular complexity index is 969. The zero-order valence-corrected chi connectivity index (χ0v) is 14.8. The topological polar surface area (TPSA) is 56.6 Å². The van der Waals surface area contributed by atoms with E-state index in [-0.39, 0.29) is 11.7 Å². The fourth-order valence-corrected chi connectivity index (χ4v) is 3.03. The third-order valence-corrected chi connectivity index (χ3v) is 4.42. The standard InChI is InChI=1S/C20H18FN3O3/c1-26-17-4-2-3-14(11-17)13-27-19-12-18-20(25)23(9-10-24(18)22-19)16-7-5-15(21)6-8-16/h2-8,11-12H,9-10,13H2,1H3. The van der Waals surface area contributed by atoms with Crippen LogP contribution in [0.25, 0.3) is 0 Å². The Balaban J connectivity index is 1.49. The zero-order chi connectivity index (χ0) is 18.8. The van der Waals surface area contributed by atoms with Crippen LogP contribution in [0, 0.1) is 5.82 Å². The molecule has 0 atom stereocenters. The summed E-state index contributed by atoms with van der Waals surface area (Å²) in [6.07, 6.45) is 0. The molecule has 0 unspecified atom stereocenters. The van der Waals surface area contributed by atoms with Crippen molar-refractivity contribution in [3.05, 3.63) is 71.7 Å². The number of nitrogens with zero attached hydrogens (tertiary/aromatic N) is 3. The first-order chi connectivity index (χ1) is 13.1. The Hall–Kier alpha value is -3.35. The molecule has 138 valence electrons. The number of amides is 1. The highest BCUT2D eigenvalue weighted by Gasteiger charge is 2.28. The van der Waals surface area contributed by atoms with Crippen molar-refractivity contribution < 1.29 is 18.7 Å². The van der Waals surface area contributed by atoms with E-state index < -0.39 is 0 Å². The second-order valence-electron chi connectivity index (χ2n) is 6.16. The molecule has 1 aliphatic rings. The average molecular weight is 367 g/mol. The molecule has 0 spiro atoms. The number of rotatable bonds is 5. The van der Waals surface area contributed by atoms with Gasteiger partial charge in [0.1, 0.15) is 23.9 Å². The van der Waals surface area contributed by atoms with Crippen LogP contribution in [0.15, 0.2) is 54.6 Å². The van der Waals surface area contributed by atoms with Gasteiger partial charge >= 0.3 is 0 Å². The lowest BCUT2D eigenvalue weighted by Crippen LogP contribution is -2.40. The number of aromatic nitrogens is 2. The molecule has 0 saturated carbocycles. The minimum atomic E-state index is -0.332. The Morgan fingerprint density at radius 2 is 1.93 bits per heavy atom. The number of carbonyl (C=O) groups is 1. The van der Waals surface area contributed by atoms with Gasteiger partial charge in [-0.05, 0) is 42.0 Å². The number of anilines is 1. The summed E-state index contributed by atoms with van der Waals surface area (Å²) in [4.78, 5) is 14.4. The second-order valence-corrected chi connectivity index (χ2v) is 6.16. The van der Waals surface area contributed by atoms with Crippen molar-refractivity contribution >= 4 is 11.6 Å². The molecule has 1 aliphatic heterocycles. The van der Waals surface area contributed by atoms with E-state index in [1.807, 2.05) is 24.3 Å². The van der Waals surface area contributed by atoms with Crippen LogP contribution in [0.5, 0.6) is 11.6 Å². The lowest BCUT2D eigenvalue weighted by Gasteiger charge is -2.27. The van der Waals surface area contributed by atoms with Gasteiger partial charge in [0.2, 0.25) is 5.88 Å². The van der Waals surface area contributed by atoms with Gasteiger partial charge in [-0.3, -0.25) is 9.48 Å². The average Bonchev–Trinajstić information content (AvgIpc) is 3.12. The van der Waals surface area contributed by atoms with Crippen LogP contribution in [0.1, 0.15) is 16.1 Å². The van der Waals surface area contributed by atoms with Crippen molar-refractivity contribution in [1.82, 2.24) is 9.78 Å². The molecule has 0 bridgehead atoms. The third-order valence-electron chi connectivity index (χ3n) is 4.42. The van der Waals surface area contributed by atoms with Gasteiger partial charge in [0.25, 0.3) is 5.91 Å². The quantitative estimate of drug-likeness (QED) is 0.695. The SMILES string of the molecule is COc1cccc(COc2cc3n(n2)CCN(c2ccc(F)cc2)C3=O)c1. The molecule has 0 aliphatic carbocycles. The second kappa shape index (κ2) is 7.11. The number of ether oxygens (including phenoxy) is 2. The van der Waals surface area contributed by atoms with Gasteiger partial charge in [-0.1, -0.05) is 12.1 Å². The Kier molecular flexibility index (Phi) is 4.50. The summed E-state index contributed by atoms with van der Waals surface area (Å²) in [5, 5.41) is 4.36. The summed E-state index contributed by atoms with van der Waals surface area (Å²) in [6.45, 7) is 1.33. The highest BCUT2D eigenvalue weighted by atomic mass is 19.1. The van der Waals surface area contributed by atoms with Crippen molar-refractivity contribution in [3.63, 3.8) is 0 Å². The number of halogens is 1. The largest absolute Gasteiger partial charge is 0.497 e. The number of carbonyl (C=O) groups excluding carboxylic acids is 1. The molecule has 0 N–H and O–H groups in total. The lowest BCUT2D eigenvalue weighted by atomic mass is 10.2. The van der Waals surface area contributed by atoms with Crippen LogP contribution in [-0.2, 0) is 13.2 Å². The number of hydrogen-bond acceptors (Lipinski definition) is 4. The van der Waals surface area contributed by atoms with E-state index in [0.29, 0.717) is 37.0 Å². The molecule has 3 aromatic rings. The van der Waals surface area contributed by atoms with Crippen LogP contribution < -0.4 is 14.4 Å². The van der Waals surface area contributed by atoms with Gasteiger partial charge < -0.3 is 14.4 Å². The summed E-state index contributed by atoms with van der Waals surface area (Å²) in [5.74, 6) is 0.630. The molecule has 27 heavy (non-hydrogen) atoms. The molecular weight excluding hydrogens is 349 g/mol. The third kappa shape index (κ3) is 3.48. The van der Waals surface area contributed by atoms with E-state index in [0.717, 1.165) is 11.3 Å². The van der Waals surface area contributed by atoms with Crippen molar-refractivity contribution in [3.8, 4) is 11.6 Å². The van der Waals surface area contributed by atoms with Gasteiger partial charge in [0, 0.05) is 18.3 Å². The maximum Gasteiger partial charge on any atom is 0.276 e. The van der Waals surface area contributed by atoms with Crippen molar-refractivity contribution in [2.24, 2.45) is 0 Å². The van der Waals surface area contributed by atoms with Gasteiger partial charge in [0.05, 0.1) is 13.7 Å². The zero-order valence-electron chi connectivity index (χ0n) is 14.8. The van der Waals surface area contributed by atoms with Crippen LogP contribution in [-0.4, -0.2) is 29.3 Å².